The standard InChI is InChI=1S/C17H21ClN4O2S/c1-4-10-22-15(13-5-7-14(18)8-6-13)20-21-17(22)25-12(2)16(23)19-9-11-24-3/h4-8,12H,1,9-11H2,2-3H3,(H,19,23)/t12-/m0/s1. The number of hydrogen-bond donors (Lipinski definition) is 1. The molecule has 134 valence electrons. The molecule has 0 bridgehead atoms. The molecule has 0 saturated heterocycles. The van der Waals surface area contributed by atoms with Crippen molar-refractivity contribution < 1.29 is 9.53 Å². The van der Waals surface area contributed by atoms with Crippen LogP contribution in [0.15, 0.2) is 42.1 Å². The van der Waals surface area contributed by atoms with Crippen LogP contribution in [0.3, 0.4) is 0 Å². The highest BCUT2D eigenvalue weighted by Gasteiger charge is 2.20. The van der Waals surface area contributed by atoms with Crippen LogP contribution in [0.1, 0.15) is 6.92 Å². The van der Waals surface area contributed by atoms with Crippen molar-refractivity contribution in [3.63, 3.8) is 0 Å². The van der Waals surface area contributed by atoms with Gasteiger partial charge in [0.2, 0.25) is 5.91 Å². The fraction of sp³-hybridized carbons (Fsp3) is 0.353. The van der Waals surface area contributed by atoms with Crippen molar-refractivity contribution >= 4 is 29.3 Å². The van der Waals surface area contributed by atoms with Gasteiger partial charge in [0.05, 0.1) is 11.9 Å². The first-order valence-corrected chi connectivity index (χ1v) is 9.06. The lowest BCUT2D eigenvalue weighted by molar-refractivity contribution is -0.120. The van der Waals surface area contributed by atoms with E-state index in [1.807, 2.05) is 35.8 Å². The van der Waals surface area contributed by atoms with Gasteiger partial charge in [-0.3, -0.25) is 9.36 Å². The van der Waals surface area contributed by atoms with Crippen LogP contribution in [0.25, 0.3) is 11.4 Å². The number of benzene rings is 1. The molecular formula is C17H21ClN4O2S. The van der Waals surface area contributed by atoms with Gasteiger partial charge in [-0.1, -0.05) is 29.4 Å². The summed E-state index contributed by atoms with van der Waals surface area (Å²) in [5.41, 5.74) is 0.905. The van der Waals surface area contributed by atoms with Gasteiger partial charge in [-0.2, -0.15) is 0 Å². The first kappa shape index (κ1) is 19.5. The van der Waals surface area contributed by atoms with E-state index in [4.69, 9.17) is 16.3 Å². The number of halogens is 1. The number of thioether (sulfide) groups is 1. The fourth-order valence-corrected chi connectivity index (χ4v) is 3.12. The average molecular weight is 381 g/mol. The van der Waals surface area contributed by atoms with E-state index in [9.17, 15) is 4.79 Å². The van der Waals surface area contributed by atoms with Gasteiger partial charge in [0.15, 0.2) is 11.0 Å². The minimum absolute atomic E-state index is 0.0664. The van der Waals surface area contributed by atoms with Crippen LogP contribution in [0, 0.1) is 0 Å². The lowest BCUT2D eigenvalue weighted by atomic mass is 10.2. The van der Waals surface area contributed by atoms with Crippen molar-refractivity contribution in [3.05, 3.63) is 41.9 Å². The molecule has 1 amide bonds. The lowest BCUT2D eigenvalue weighted by Gasteiger charge is -2.12. The Morgan fingerprint density at radius 3 is 2.80 bits per heavy atom. The van der Waals surface area contributed by atoms with Crippen LogP contribution < -0.4 is 5.32 Å². The Bertz CT molecular complexity index is 718. The third-order valence-electron chi connectivity index (χ3n) is 3.39. The van der Waals surface area contributed by atoms with Crippen LogP contribution in [-0.2, 0) is 16.1 Å². The fourth-order valence-electron chi connectivity index (χ4n) is 2.11. The van der Waals surface area contributed by atoms with Gasteiger partial charge >= 0.3 is 0 Å². The minimum Gasteiger partial charge on any atom is -0.383 e. The summed E-state index contributed by atoms with van der Waals surface area (Å²) < 4.78 is 6.86. The van der Waals surface area contributed by atoms with Crippen LogP contribution in [0.2, 0.25) is 5.02 Å². The van der Waals surface area contributed by atoms with Crippen LogP contribution >= 0.6 is 23.4 Å². The van der Waals surface area contributed by atoms with E-state index < -0.39 is 0 Å². The summed E-state index contributed by atoms with van der Waals surface area (Å²) in [6, 6.07) is 7.40. The van der Waals surface area contributed by atoms with Gasteiger partial charge in [0.25, 0.3) is 0 Å². The number of amides is 1. The lowest BCUT2D eigenvalue weighted by Crippen LogP contribution is -2.33. The summed E-state index contributed by atoms with van der Waals surface area (Å²) in [5.74, 6) is 0.648. The molecule has 2 aromatic rings. The SMILES string of the molecule is C=CCn1c(S[C@@H](C)C(=O)NCCOC)nnc1-c1ccc(Cl)cc1. The van der Waals surface area contributed by atoms with E-state index in [1.54, 1.807) is 13.2 Å². The summed E-state index contributed by atoms with van der Waals surface area (Å²) in [4.78, 5) is 12.1. The van der Waals surface area contributed by atoms with Crippen LogP contribution in [0.5, 0.6) is 0 Å². The average Bonchev–Trinajstić information content (AvgIpc) is 2.98. The quantitative estimate of drug-likeness (QED) is 0.411. The highest BCUT2D eigenvalue weighted by molar-refractivity contribution is 8.00. The van der Waals surface area contributed by atoms with Crippen molar-refractivity contribution in [2.45, 2.75) is 23.9 Å². The number of carbonyl (C=O) groups excluding carboxylic acids is 1. The Morgan fingerprint density at radius 1 is 1.44 bits per heavy atom. The highest BCUT2D eigenvalue weighted by atomic mass is 35.5. The molecule has 0 aliphatic heterocycles. The maximum absolute atomic E-state index is 12.1. The zero-order chi connectivity index (χ0) is 18.2. The number of methoxy groups -OCH3 is 1. The highest BCUT2D eigenvalue weighted by Crippen LogP contribution is 2.27. The summed E-state index contributed by atoms with van der Waals surface area (Å²) >= 11 is 7.30. The second-order valence-corrected chi connectivity index (χ2v) is 7.00. The van der Waals surface area contributed by atoms with Crippen molar-refractivity contribution in [1.29, 1.82) is 0 Å². The molecule has 1 aromatic carbocycles. The van der Waals surface area contributed by atoms with Crippen molar-refractivity contribution in [2.75, 3.05) is 20.3 Å². The third-order valence-corrected chi connectivity index (χ3v) is 4.72. The van der Waals surface area contributed by atoms with Gasteiger partial charge in [-0.15, -0.1) is 16.8 Å². The van der Waals surface area contributed by atoms with Crippen LogP contribution in [0.4, 0.5) is 0 Å². The van der Waals surface area contributed by atoms with Gasteiger partial charge < -0.3 is 10.1 Å². The molecule has 0 aliphatic carbocycles. The van der Waals surface area contributed by atoms with Gasteiger partial charge in [0, 0.05) is 30.8 Å². The Kier molecular flexibility index (Phi) is 7.49. The molecule has 0 spiro atoms. The second kappa shape index (κ2) is 9.60. The molecular weight excluding hydrogens is 360 g/mol. The largest absolute Gasteiger partial charge is 0.383 e. The Balaban J connectivity index is 2.16. The van der Waals surface area contributed by atoms with Gasteiger partial charge in [-0.05, 0) is 31.2 Å². The number of aromatic nitrogens is 3. The first-order chi connectivity index (χ1) is 12.1. The summed E-state index contributed by atoms with van der Waals surface area (Å²) in [6.45, 7) is 7.14. The predicted octanol–water partition coefficient (Wildman–Crippen LogP) is 3.03. The molecule has 0 unspecified atom stereocenters. The maximum Gasteiger partial charge on any atom is 0.233 e. The Hall–Kier alpha value is -1.83. The molecule has 1 N–H and O–H groups in total. The molecule has 25 heavy (non-hydrogen) atoms. The number of ether oxygens (including phenoxy) is 1. The predicted molar refractivity (Wildman–Crippen MR) is 101 cm³/mol. The Morgan fingerprint density at radius 2 is 2.16 bits per heavy atom. The number of carbonyl (C=O) groups is 1. The number of rotatable bonds is 9. The van der Waals surface area contributed by atoms with E-state index in [0.29, 0.717) is 35.7 Å². The topological polar surface area (TPSA) is 69.0 Å². The van der Waals surface area contributed by atoms with Crippen molar-refractivity contribution in [2.24, 2.45) is 0 Å². The van der Waals surface area contributed by atoms with E-state index in [1.165, 1.54) is 11.8 Å². The van der Waals surface area contributed by atoms with E-state index >= 15 is 0 Å². The van der Waals surface area contributed by atoms with E-state index in [2.05, 4.69) is 22.1 Å². The molecule has 2 rings (SSSR count). The third kappa shape index (κ3) is 5.32. The zero-order valence-corrected chi connectivity index (χ0v) is 15.8. The van der Waals surface area contributed by atoms with E-state index in [-0.39, 0.29) is 11.2 Å². The molecule has 0 aliphatic rings. The monoisotopic (exact) mass is 380 g/mol. The summed E-state index contributed by atoms with van der Waals surface area (Å²) in [6.07, 6.45) is 1.77. The minimum atomic E-state index is -0.303. The first-order valence-electron chi connectivity index (χ1n) is 7.80. The number of nitrogens with one attached hydrogen (secondary N) is 1. The number of allylic oxidation sites excluding steroid dienone is 1. The molecule has 0 radical (unpaired) electrons. The van der Waals surface area contributed by atoms with Crippen molar-refractivity contribution in [3.8, 4) is 11.4 Å². The smallest absolute Gasteiger partial charge is 0.233 e. The molecule has 6 nitrogen and oxygen atoms in total. The van der Waals surface area contributed by atoms with Crippen molar-refractivity contribution in [1.82, 2.24) is 20.1 Å². The molecule has 1 aromatic heterocycles. The molecule has 1 heterocycles. The molecule has 1 atom stereocenters. The maximum atomic E-state index is 12.1. The van der Waals surface area contributed by atoms with E-state index in [0.717, 1.165) is 5.56 Å². The summed E-state index contributed by atoms with van der Waals surface area (Å²) in [7, 11) is 1.60. The summed E-state index contributed by atoms with van der Waals surface area (Å²) in [5, 5.41) is 12.4. The second-order valence-electron chi connectivity index (χ2n) is 5.26. The number of nitrogens with zero attached hydrogens (tertiary/aromatic N) is 3. The zero-order valence-electron chi connectivity index (χ0n) is 14.2. The molecule has 0 fully saturated rings. The Labute approximate surface area is 156 Å². The van der Waals surface area contributed by atoms with Gasteiger partial charge in [0.1, 0.15) is 0 Å². The molecule has 8 heteroatoms. The molecule has 0 saturated carbocycles. The van der Waals surface area contributed by atoms with Gasteiger partial charge in [-0.25, -0.2) is 0 Å². The normalized spacial score (nSPS) is 12.0. The van der Waals surface area contributed by atoms with Crippen LogP contribution in [-0.4, -0.2) is 46.2 Å². The number of hydrogen-bond acceptors (Lipinski definition) is 5.